The average Bonchev–Trinajstić information content (AvgIpc) is 2.61. The monoisotopic (exact) mass is 371 g/mol. The first-order valence-electron chi connectivity index (χ1n) is 8.17. The van der Waals surface area contributed by atoms with Crippen LogP contribution < -0.4 is 15.6 Å². The van der Waals surface area contributed by atoms with Crippen LogP contribution in [0.25, 0.3) is 10.9 Å². The third-order valence-corrected chi connectivity index (χ3v) is 4.20. The molecule has 0 aliphatic heterocycles. The Balaban J connectivity index is 1.86. The average molecular weight is 372 g/mol. The Labute approximate surface area is 155 Å². The highest BCUT2D eigenvalue weighted by molar-refractivity contribution is 6.32. The van der Waals surface area contributed by atoms with Gasteiger partial charge in [-0.3, -0.25) is 14.2 Å². The molecule has 1 heterocycles. The second-order valence-electron chi connectivity index (χ2n) is 5.75. The topological polar surface area (TPSA) is 73.2 Å². The molecular weight excluding hydrogens is 354 g/mol. The molecule has 2 aromatic carbocycles. The van der Waals surface area contributed by atoms with E-state index in [0.717, 1.165) is 5.56 Å². The largest absolute Gasteiger partial charge is 0.490 e. The van der Waals surface area contributed by atoms with Crippen LogP contribution in [0.15, 0.2) is 47.5 Å². The minimum absolute atomic E-state index is 0.159. The summed E-state index contributed by atoms with van der Waals surface area (Å²) in [4.78, 5) is 29.3. The lowest BCUT2D eigenvalue weighted by atomic mass is 10.1. The van der Waals surface area contributed by atoms with Crippen LogP contribution in [-0.4, -0.2) is 22.1 Å². The number of benzene rings is 2. The molecule has 0 saturated carbocycles. The molecule has 0 spiro atoms. The highest BCUT2D eigenvalue weighted by atomic mass is 35.5. The number of hydrogen-bond donors (Lipinski definition) is 1. The van der Waals surface area contributed by atoms with E-state index in [0.29, 0.717) is 34.0 Å². The molecule has 0 saturated heterocycles. The normalized spacial score (nSPS) is 10.7. The van der Waals surface area contributed by atoms with E-state index in [9.17, 15) is 9.59 Å². The number of para-hydroxylation sites is 2. The molecule has 0 fully saturated rings. The van der Waals surface area contributed by atoms with Gasteiger partial charge in [0.15, 0.2) is 5.75 Å². The molecule has 134 valence electrons. The molecule has 7 heteroatoms. The SMILES string of the molecule is CCOc1c(Cl)cccc1NC(=O)Cn1cnc2c(C)cccc2c1=O. The van der Waals surface area contributed by atoms with Gasteiger partial charge < -0.3 is 10.1 Å². The predicted octanol–water partition coefficient (Wildman–Crippen LogP) is 3.40. The maximum Gasteiger partial charge on any atom is 0.261 e. The first-order valence-corrected chi connectivity index (χ1v) is 8.55. The highest BCUT2D eigenvalue weighted by Gasteiger charge is 2.13. The summed E-state index contributed by atoms with van der Waals surface area (Å²) in [6.07, 6.45) is 1.39. The third kappa shape index (κ3) is 3.55. The minimum atomic E-state index is -0.371. The molecule has 0 atom stereocenters. The molecule has 6 nitrogen and oxygen atoms in total. The van der Waals surface area contributed by atoms with E-state index in [1.165, 1.54) is 10.9 Å². The van der Waals surface area contributed by atoms with Crippen molar-refractivity contribution in [3.8, 4) is 5.75 Å². The molecule has 26 heavy (non-hydrogen) atoms. The van der Waals surface area contributed by atoms with Crippen LogP contribution in [0.4, 0.5) is 5.69 Å². The van der Waals surface area contributed by atoms with Gasteiger partial charge in [0.2, 0.25) is 5.91 Å². The maximum atomic E-state index is 12.6. The van der Waals surface area contributed by atoms with E-state index in [2.05, 4.69) is 10.3 Å². The van der Waals surface area contributed by atoms with E-state index in [1.54, 1.807) is 30.3 Å². The van der Waals surface area contributed by atoms with E-state index in [1.807, 2.05) is 19.9 Å². The van der Waals surface area contributed by atoms with Crippen molar-refractivity contribution in [1.82, 2.24) is 9.55 Å². The smallest absolute Gasteiger partial charge is 0.261 e. The van der Waals surface area contributed by atoms with Crippen LogP contribution in [0.1, 0.15) is 12.5 Å². The summed E-state index contributed by atoms with van der Waals surface area (Å²) in [6.45, 7) is 3.98. The van der Waals surface area contributed by atoms with E-state index >= 15 is 0 Å². The number of rotatable bonds is 5. The predicted molar refractivity (Wildman–Crippen MR) is 102 cm³/mol. The molecule has 3 aromatic rings. The van der Waals surface area contributed by atoms with Gasteiger partial charge in [-0.05, 0) is 37.6 Å². The number of aromatic nitrogens is 2. The Hall–Kier alpha value is -2.86. The van der Waals surface area contributed by atoms with Crippen molar-refractivity contribution in [3.63, 3.8) is 0 Å². The van der Waals surface area contributed by atoms with Gasteiger partial charge >= 0.3 is 0 Å². The van der Waals surface area contributed by atoms with Gasteiger partial charge in [-0.1, -0.05) is 29.8 Å². The van der Waals surface area contributed by atoms with Crippen molar-refractivity contribution in [2.24, 2.45) is 0 Å². The summed E-state index contributed by atoms with van der Waals surface area (Å²) in [5.74, 6) is 0.0359. The number of halogens is 1. The van der Waals surface area contributed by atoms with Crippen molar-refractivity contribution < 1.29 is 9.53 Å². The van der Waals surface area contributed by atoms with Crippen LogP contribution in [0, 0.1) is 6.92 Å². The number of fused-ring (bicyclic) bond motifs is 1. The number of nitrogens with one attached hydrogen (secondary N) is 1. The van der Waals surface area contributed by atoms with Crippen molar-refractivity contribution in [3.05, 3.63) is 63.7 Å². The van der Waals surface area contributed by atoms with Crippen LogP contribution in [0.2, 0.25) is 5.02 Å². The molecule has 0 unspecified atom stereocenters. The molecule has 0 aliphatic carbocycles. The zero-order valence-electron chi connectivity index (χ0n) is 14.5. The molecule has 1 N–H and O–H groups in total. The quantitative estimate of drug-likeness (QED) is 0.746. The van der Waals surface area contributed by atoms with Gasteiger partial charge in [-0.2, -0.15) is 0 Å². The summed E-state index contributed by atoms with van der Waals surface area (Å²) in [6, 6.07) is 10.5. The molecule has 3 rings (SSSR count). The van der Waals surface area contributed by atoms with Crippen molar-refractivity contribution in [1.29, 1.82) is 0 Å². The zero-order chi connectivity index (χ0) is 18.7. The molecule has 1 amide bonds. The maximum absolute atomic E-state index is 12.6. The van der Waals surface area contributed by atoms with Gasteiger partial charge in [0.25, 0.3) is 5.56 Å². The lowest BCUT2D eigenvalue weighted by Crippen LogP contribution is -2.28. The summed E-state index contributed by atoms with van der Waals surface area (Å²) in [7, 11) is 0. The summed E-state index contributed by atoms with van der Waals surface area (Å²) in [5.41, 5.74) is 1.76. The Morgan fingerprint density at radius 1 is 1.27 bits per heavy atom. The number of aryl methyl sites for hydroxylation is 1. The zero-order valence-corrected chi connectivity index (χ0v) is 15.2. The fourth-order valence-corrected chi connectivity index (χ4v) is 2.92. The number of amides is 1. The van der Waals surface area contributed by atoms with E-state index in [4.69, 9.17) is 16.3 Å². The molecule has 0 radical (unpaired) electrons. The van der Waals surface area contributed by atoms with Crippen molar-refractivity contribution in [2.75, 3.05) is 11.9 Å². The van der Waals surface area contributed by atoms with Gasteiger partial charge in [0.1, 0.15) is 6.54 Å². The molecular formula is C19H18ClN3O3. The number of nitrogens with zero attached hydrogens (tertiary/aromatic N) is 2. The van der Waals surface area contributed by atoms with Gasteiger partial charge in [-0.15, -0.1) is 0 Å². The second-order valence-corrected chi connectivity index (χ2v) is 6.15. The lowest BCUT2D eigenvalue weighted by molar-refractivity contribution is -0.116. The fourth-order valence-electron chi connectivity index (χ4n) is 2.69. The van der Waals surface area contributed by atoms with Crippen LogP contribution in [0.5, 0.6) is 5.75 Å². The molecule has 0 bridgehead atoms. The Morgan fingerprint density at radius 2 is 2.04 bits per heavy atom. The van der Waals surface area contributed by atoms with E-state index < -0.39 is 0 Å². The summed E-state index contributed by atoms with van der Waals surface area (Å²) >= 11 is 6.12. The van der Waals surface area contributed by atoms with Crippen LogP contribution in [0.3, 0.4) is 0 Å². The molecule has 1 aromatic heterocycles. The van der Waals surface area contributed by atoms with Crippen molar-refractivity contribution >= 4 is 34.1 Å². The Bertz CT molecular complexity index is 1030. The van der Waals surface area contributed by atoms with Gasteiger partial charge in [0.05, 0.1) is 34.5 Å². The van der Waals surface area contributed by atoms with Crippen LogP contribution >= 0.6 is 11.6 Å². The third-order valence-electron chi connectivity index (χ3n) is 3.90. The first-order chi connectivity index (χ1) is 12.5. The van der Waals surface area contributed by atoms with Gasteiger partial charge in [-0.25, -0.2) is 4.98 Å². The number of carbonyl (C=O) groups is 1. The highest BCUT2D eigenvalue weighted by Crippen LogP contribution is 2.32. The van der Waals surface area contributed by atoms with Crippen LogP contribution in [-0.2, 0) is 11.3 Å². The Kier molecular flexibility index (Phi) is 5.23. The number of hydrogen-bond acceptors (Lipinski definition) is 4. The lowest BCUT2D eigenvalue weighted by Gasteiger charge is -2.13. The number of ether oxygens (including phenoxy) is 1. The van der Waals surface area contributed by atoms with Crippen molar-refractivity contribution in [2.45, 2.75) is 20.4 Å². The summed E-state index contributed by atoms with van der Waals surface area (Å²) in [5, 5.41) is 3.63. The minimum Gasteiger partial charge on any atom is -0.490 e. The number of anilines is 1. The fraction of sp³-hybridized carbons (Fsp3) is 0.211. The first kappa shape index (κ1) is 17.9. The summed E-state index contributed by atoms with van der Waals surface area (Å²) < 4.78 is 6.77. The Morgan fingerprint density at radius 3 is 2.81 bits per heavy atom. The molecule has 0 aliphatic rings. The second kappa shape index (κ2) is 7.58. The van der Waals surface area contributed by atoms with E-state index in [-0.39, 0.29) is 18.0 Å². The standard InChI is InChI=1S/C19H18ClN3O3/c1-3-26-18-14(20)8-5-9-15(18)22-16(24)10-23-11-21-17-12(2)6-4-7-13(17)19(23)25/h4-9,11H,3,10H2,1-2H3,(H,22,24). The number of carbonyl (C=O) groups excluding carboxylic acids is 1. The van der Waals surface area contributed by atoms with Gasteiger partial charge in [0, 0.05) is 0 Å².